The fourth-order valence-corrected chi connectivity index (χ4v) is 5.40. The van der Waals surface area contributed by atoms with Crippen LogP contribution < -0.4 is 9.62 Å². The van der Waals surface area contributed by atoms with Crippen LogP contribution in [0.15, 0.2) is 59.5 Å². The van der Waals surface area contributed by atoms with Crippen LogP contribution in [0.1, 0.15) is 51.0 Å². The Labute approximate surface area is 192 Å². The van der Waals surface area contributed by atoms with Crippen molar-refractivity contribution >= 4 is 21.6 Å². The maximum absolute atomic E-state index is 13.4. The molecule has 0 aromatic heterocycles. The molecular formula is C25H35N3O3S. The van der Waals surface area contributed by atoms with E-state index in [4.69, 9.17) is 0 Å². The first-order chi connectivity index (χ1) is 15.4. The van der Waals surface area contributed by atoms with Gasteiger partial charge in [0.25, 0.3) is 10.0 Å². The number of likely N-dealkylation sites (tertiary alicyclic amines) is 1. The fraction of sp³-hybridized carbons (Fsp3) is 0.480. The Hall–Kier alpha value is -2.38. The van der Waals surface area contributed by atoms with Crippen LogP contribution in [0.25, 0.3) is 0 Å². The SMILES string of the molecule is CC(C)c1ccc(N(CC(=O)NCCCN2CCCCC2)S(=O)(=O)c2ccccc2)cc1. The van der Waals surface area contributed by atoms with E-state index in [9.17, 15) is 13.2 Å². The summed E-state index contributed by atoms with van der Waals surface area (Å²) in [5.74, 6) is 0.0440. The quantitative estimate of drug-likeness (QED) is 0.548. The topological polar surface area (TPSA) is 69.7 Å². The van der Waals surface area contributed by atoms with Crippen molar-refractivity contribution in [3.8, 4) is 0 Å². The summed E-state index contributed by atoms with van der Waals surface area (Å²) >= 11 is 0. The molecule has 0 radical (unpaired) electrons. The Morgan fingerprint density at radius 2 is 1.66 bits per heavy atom. The Bertz CT molecular complexity index is 954. The maximum atomic E-state index is 13.4. The molecule has 1 aliphatic rings. The van der Waals surface area contributed by atoms with Gasteiger partial charge in [-0.3, -0.25) is 9.10 Å². The molecule has 1 heterocycles. The van der Waals surface area contributed by atoms with Crippen LogP contribution in [-0.4, -0.2) is 51.9 Å². The highest BCUT2D eigenvalue weighted by Crippen LogP contribution is 2.25. The van der Waals surface area contributed by atoms with Crippen molar-refractivity contribution in [1.82, 2.24) is 10.2 Å². The third-order valence-corrected chi connectivity index (χ3v) is 7.68. The van der Waals surface area contributed by atoms with E-state index in [1.807, 2.05) is 12.1 Å². The fourth-order valence-electron chi connectivity index (χ4n) is 3.96. The summed E-state index contributed by atoms with van der Waals surface area (Å²) in [5.41, 5.74) is 1.61. The van der Waals surface area contributed by atoms with Gasteiger partial charge in [0, 0.05) is 6.54 Å². The number of benzene rings is 2. The molecule has 32 heavy (non-hydrogen) atoms. The van der Waals surface area contributed by atoms with Crippen LogP contribution in [0, 0.1) is 0 Å². The molecule has 1 saturated heterocycles. The summed E-state index contributed by atoms with van der Waals surface area (Å²) in [4.78, 5) is 15.3. The van der Waals surface area contributed by atoms with Crippen LogP contribution in [0.3, 0.4) is 0 Å². The van der Waals surface area contributed by atoms with Gasteiger partial charge < -0.3 is 10.2 Å². The lowest BCUT2D eigenvalue weighted by atomic mass is 10.0. The van der Waals surface area contributed by atoms with Crippen LogP contribution in [-0.2, 0) is 14.8 Å². The number of rotatable bonds is 10. The number of sulfonamides is 1. The summed E-state index contributed by atoms with van der Waals surface area (Å²) in [5, 5.41) is 2.90. The van der Waals surface area contributed by atoms with Crippen molar-refractivity contribution in [1.29, 1.82) is 0 Å². The normalized spacial score (nSPS) is 15.0. The Morgan fingerprint density at radius 1 is 1.00 bits per heavy atom. The molecule has 3 rings (SSSR count). The molecule has 1 N–H and O–H groups in total. The molecule has 6 nitrogen and oxygen atoms in total. The molecule has 0 saturated carbocycles. The van der Waals surface area contributed by atoms with Gasteiger partial charge in [-0.25, -0.2) is 8.42 Å². The first kappa shape index (κ1) is 24.3. The molecular weight excluding hydrogens is 422 g/mol. The average molecular weight is 458 g/mol. The number of hydrogen-bond donors (Lipinski definition) is 1. The van der Waals surface area contributed by atoms with Gasteiger partial charge >= 0.3 is 0 Å². The second-order valence-corrected chi connectivity index (χ2v) is 10.5. The van der Waals surface area contributed by atoms with E-state index < -0.39 is 10.0 Å². The van der Waals surface area contributed by atoms with Crippen LogP contribution in [0.2, 0.25) is 0 Å². The van der Waals surface area contributed by atoms with E-state index in [1.165, 1.54) is 23.6 Å². The number of carbonyl (C=O) groups excluding carboxylic acids is 1. The van der Waals surface area contributed by atoms with Gasteiger partial charge in [-0.15, -0.1) is 0 Å². The summed E-state index contributed by atoms with van der Waals surface area (Å²) < 4.78 is 27.9. The van der Waals surface area contributed by atoms with Crippen molar-refractivity contribution in [2.24, 2.45) is 0 Å². The number of anilines is 1. The van der Waals surface area contributed by atoms with Crippen molar-refractivity contribution in [3.05, 3.63) is 60.2 Å². The average Bonchev–Trinajstić information content (AvgIpc) is 2.81. The minimum atomic E-state index is -3.87. The lowest BCUT2D eigenvalue weighted by Crippen LogP contribution is -2.41. The highest BCUT2D eigenvalue weighted by molar-refractivity contribution is 7.92. The second-order valence-electron chi connectivity index (χ2n) is 8.68. The van der Waals surface area contributed by atoms with E-state index in [2.05, 4.69) is 24.1 Å². The molecule has 0 bridgehead atoms. The molecule has 174 valence electrons. The number of piperidine rings is 1. The van der Waals surface area contributed by atoms with Crippen molar-refractivity contribution in [3.63, 3.8) is 0 Å². The minimum Gasteiger partial charge on any atom is -0.354 e. The number of nitrogens with one attached hydrogen (secondary N) is 1. The number of nitrogens with zero attached hydrogens (tertiary/aromatic N) is 2. The largest absolute Gasteiger partial charge is 0.354 e. The van der Waals surface area contributed by atoms with E-state index >= 15 is 0 Å². The molecule has 0 spiro atoms. The molecule has 0 aliphatic carbocycles. The first-order valence-electron chi connectivity index (χ1n) is 11.5. The zero-order valence-electron chi connectivity index (χ0n) is 19.2. The third-order valence-electron chi connectivity index (χ3n) is 5.89. The first-order valence-corrected chi connectivity index (χ1v) is 13.0. The summed E-state index contributed by atoms with van der Waals surface area (Å²) in [6.45, 7) is 7.69. The van der Waals surface area contributed by atoms with Crippen molar-refractivity contribution in [2.45, 2.75) is 50.3 Å². The predicted molar refractivity (Wildman–Crippen MR) is 129 cm³/mol. The molecule has 2 aromatic carbocycles. The van der Waals surface area contributed by atoms with Crippen molar-refractivity contribution < 1.29 is 13.2 Å². The van der Waals surface area contributed by atoms with Gasteiger partial charge in [-0.05, 0) is 74.6 Å². The standard InChI is InChI=1S/C25H35N3O3S/c1-21(2)22-12-14-23(15-13-22)28(32(30,31)24-10-5-3-6-11-24)20-25(29)26-16-9-19-27-17-7-4-8-18-27/h3,5-6,10-15,21H,4,7-9,16-20H2,1-2H3,(H,26,29). The zero-order valence-corrected chi connectivity index (χ0v) is 20.0. The monoisotopic (exact) mass is 457 g/mol. The van der Waals surface area contributed by atoms with Crippen LogP contribution >= 0.6 is 0 Å². The Morgan fingerprint density at radius 3 is 2.28 bits per heavy atom. The highest BCUT2D eigenvalue weighted by atomic mass is 32.2. The molecule has 7 heteroatoms. The van der Waals surface area contributed by atoms with Gasteiger partial charge in [-0.1, -0.05) is 50.6 Å². The number of hydrogen-bond acceptors (Lipinski definition) is 4. The lowest BCUT2D eigenvalue weighted by molar-refractivity contribution is -0.119. The molecule has 1 fully saturated rings. The van der Waals surface area contributed by atoms with Crippen LogP contribution in [0.5, 0.6) is 0 Å². The van der Waals surface area contributed by atoms with Gasteiger partial charge in [0.2, 0.25) is 5.91 Å². The van der Waals surface area contributed by atoms with Gasteiger partial charge in [0.05, 0.1) is 10.6 Å². The minimum absolute atomic E-state index is 0.172. The highest BCUT2D eigenvalue weighted by Gasteiger charge is 2.27. The van der Waals surface area contributed by atoms with E-state index in [0.717, 1.165) is 31.6 Å². The molecule has 0 atom stereocenters. The third kappa shape index (κ3) is 6.56. The summed E-state index contributed by atoms with van der Waals surface area (Å²) in [6.07, 6.45) is 4.65. The summed E-state index contributed by atoms with van der Waals surface area (Å²) in [6, 6.07) is 15.7. The van der Waals surface area contributed by atoms with E-state index in [0.29, 0.717) is 18.2 Å². The van der Waals surface area contributed by atoms with E-state index in [1.54, 1.807) is 42.5 Å². The van der Waals surface area contributed by atoms with Gasteiger partial charge in [0.15, 0.2) is 0 Å². The molecule has 1 aliphatic heterocycles. The van der Waals surface area contributed by atoms with Crippen molar-refractivity contribution in [2.75, 3.05) is 37.0 Å². The Balaban J connectivity index is 1.68. The number of carbonyl (C=O) groups is 1. The second kappa shape index (κ2) is 11.5. The lowest BCUT2D eigenvalue weighted by Gasteiger charge is -2.26. The predicted octanol–water partition coefficient (Wildman–Crippen LogP) is 4.00. The molecule has 0 unspecified atom stereocenters. The van der Waals surface area contributed by atoms with E-state index in [-0.39, 0.29) is 17.3 Å². The maximum Gasteiger partial charge on any atom is 0.264 e. The smallest absolute Gasteiger partial charge is 0.264 e. The molecule has 2 aromatic rings. The summed E-state index contributed by atoms with van der Waals surface area (Å²) in [7, 11) is -3.87. The zero-order chi connectivity index (χ0) is 23.0. The van der Waals surface area contributed by atoms with Gasteiger partial charge in [-0.2, -0.15) is 0 Å². The number of amides is 1. The van der Waals surface area contributed by atoms with Gasteiger partial charge in [0.1, 0.15) is 6.54 Å². The Kier molecular flexibility index (Phi) is 8.70. The van der Waals surface area contributed by atoms with Crippen LogP contribution in [0.4, 0.5) is 5.69 Å². The molecule has 1 amide bonds.